The zero-order chi connectivity index (χ0) is 12.8. The summed E-state index contributed by atoms with van der Waals surface area (Å²) in [6.45, 7) is 4.00. The van der Waals surface area contributed by atoms with Gasteiger partial charge in [-0.25, -0.2) is 4.98 Å². The molecule has 0 spiro atoms. The largest absolute Gasteiger partial charge is 0.431 e. The number of carbonyl (C=O) groups is 1. The third-order valence-electron chi connectivity index (χ3n) is 2.14. The molecule has 5 heteroatoms. The topological polar surface area (TPSA) is 51.2 Å². The summed E-state index contributed by atoms with van der Waals surface area (Å²) in [7, 11) is 0. The van der Waals surface area contributed by atoms with Crippen molar-refractivity contribution in [2.24, 2.45) is 0 Å². The molecule has 0 fully saturated rings. The summed E-state index contributed by atoms with van der Waals surface area (Å²) in [5, 5.41) is 5.13. The van der Waals surface area contributed by atoms with Gasteiger partial charge in [-0.05, 0) is 24.3 Å². The van der Waals surface area contributed by atoms with Crippen LogP contribution < -0.4 is 10.1 Å². The van der Waals surface area contributed by atoms with Gasteiger partial charge in [0.2, 0.25) is 0 Å². The number of ether oxygens (including phenoxy) is 1. The van der Waals surface area contributed by atoms with Crippen molar-refractivity contribution in [1.29, 1.82) is 0 Å². The molecular formula is C13H12N2O2S. The second-order valence-corrected chi connectivity index (χ2v) is 4.28. The van der Waals surface area contributed by atoms with Crippen LogP contribution in [0.15, 0.2) is 48.5 Å². The van der Waals surface area contributed by atoms with E-state index >= 15 is 0 Å². The molecule has 1 heterocycles. The van der Waals surface area contributed by atoms with Gasteiger partial charge in [0.05, 0.1) is 0 Å². The summed E-state index contributed by atoms with van der Waals surface area (Å²) in [4.78, 5) is 15.6. The number of aromatic nitrogens is 1. The van der Waals surface area contributed by atoms with Gasteiger partial charge in [0.1, 0.15) is 5.75 Å². The highest BCUT2D eigenvalue weighted by Gasteiger charge is 2.05. The summed E-state index contributed by atoms with van der Waals surface area (Å²) in [6, 6.07) is 6.90. The monoisotopic (exact) mass is 260 g/mol. The number of rotatable bonds is 5. The Morgan fingerprint density at radius 1 is 1.44 bits per heavy atom. The Morgan fingerprint density at radius 3 is 2.83 bits per heavy atom. The molecule has 1 aromatic heterocycles. The predicted molar refractivity (Wildman–Crippen MR) is 71.2 cm³/mol. The summed E-state index contributed by atoms with van der Waals surface area (Å²) in [5.41, 5.74) is 0.586. The molecule has 18 heavy (non-hydrogen) atoms. The summed E-state index contributed by atoms with van der Waals surface area (Å²) >= 11 is 1.42. The van der Waals surface area contributed by atoms with Crippen LogP contribution in [0.25, 0.3) is 0 Å². The quantitative estimate of drug-likeness (QED) is 0.841. The Hall–Kier alpha value is -2.14. The number of amides is 1. The fraction of sp³-hybridized carbons (Fsp3) is 0.0769. The van der Waals surface area contributed by atoms with Crippen LogP contribution >= 0.6 is 11.3 Å². The fourth-order valence-corrected chi connectivity index (χ4v) is 1.81. The van der Waals surface area contributed by atoms with Gasteiger partial charge < -0.3 is 10.1 Å². The zero-order valence-corrected chi connectivity index (χ0v) is 10.4. The molecule has 1 N–H and O–H groups in total. The summed E-state index contributed by atoms with van der Waals surface area (Å²) < 4.78 is 5.49. The van der Waals surface area contributed by atoms with Crippen molar-refractivity contribution < 1.29 is 9.53 Å². The standard InChI is InChI=1S/C13H12N2O2S/c1-2-7-14-12(16)10-3-5-11(6-4-10)17-13-15-8-9-18-13/h2-6,8-9H,1,7H2,(H,14,16). The first kappa shape index (κ1) is 12.3. The van der Waals surface area contributed by atoms with E-state index < -0.39 is 0 Å². The summed E-state index contributed by atoms with van der Waals surface area (Å²) in [5.74, 6) is 0.529. The van der Waals surface area contributed by atoms with Crippen molar-refractivity contribution in [3.63, 3.8) is 0 Å². The first-order chi connectivity index (χ1) is 8.79. The smallest absolute Gasteiger partial charge is 0.278 e. The van der Waals surface area contributed by atoms with Gasteiger partial charge in [-0.1, -0.05) is 17.4 Å². The summed E-state index contributed by atoms with van der Waals surface area (Å²) in [6.07, 6.45) is 3.31. The van der Waals surface area contributed by atoms with Gasteiger partial charge >= 0.3 is 0 Å². The lowest BCUT2D eigenvalue weighted by atomic mass is 10.2. The van der Waals surface area contributed by atoms with Crippen molar-refractivity contribution in [3.8, 4) is 10.9 Å². The minimum atomic E-state index is -0.129. The average Bonchev–Trinajstić information content (AvgIpc) is 2.89. The number of carbonyl (C=O) groups excluding carboxylic acids is 1. The van der Waals surface area contributed by atoms with Crippen LogP contribution in [-0.2, 0) is 0 Å². The first-order valence-corrected chi connectivity index (χ1v) is 6.24. The molecular weight excluding hydrogens is 248 g/mol. The number of hydrogen-bond donors (Lipinski definition) is 1. The van der Waals surface area contributed by atoms with E-state index in [-0.39, 0.29) is 5.91 Å². The normalized spacial score (nSPS) is 9.78. The Kier molecular flexibility index (Phi) is 4.09. The molecule has 4 nitrogen and oxygen atoms in total. The maximum atomic E-state index is 11.6. The highest BCUT2D eigenvalue weighted by Crippen LogP contribution is 2.23. The van der Waals surface area contributed by atoms with Crippen LogP contribution in [0.3, 0.4) is 0 Å². The maximum Gasteiger partial charge on any atom is 0.278 e. The number of hydrogen-bond acceptors (Lipinski definition) is 4. The van der Waals surface area contributed by atoms with Crippen molar-refractivity contribution in [2.75, 3.05) is 6.54 Å². The van der Waals surface area contributed by atoms with E-state index in [9.17, 15) is 4.79 Å². The lowest BCUT2D eigenvalue weighted by Gasteiger charge is -2.04. The van der Waals surface area contributed by atoms with Crippen LogP contribution in [-0.4, -0.2) is 17.4 Å². The maximum absolute atomic E-state index is 11.6. The van der Waals surface area contributed by atoms with E-state index in [1.54, 1.807) is 36.5 Å². The van der Waals surface area contributed by atoms with E-state index in [0.717, 1.165) is 0 Å². The van der Waals surface area contributed by atoms with Gasteiger partial charge in [0.15, 0.2) is 0 Å². The van der Waals surface area contributed by atoms with Crippen molar-refractivity contribution in [3.05, 3.63) is 54.1 Å². The highest BCUT2D eigenvalue weighted by molar-refractivity contribution is 7.11. The minimum absolute atomic E-state index is 0.129. The van der Waals surface area contributed by atoms with Crippen molar-refractivity contribution >= 4 is 17.2 Å². The molecule has 0 aliphatic rings. The lowest BCUT2D eigenvalue weighted by Crippen LogP contribution is -2.22. The van der Waals surface area contributed by atoms with Gasteiger partial charge in [-0.15, -0.1) is 6.58 Å². The Morgan fingerprint density at radius 2 is 2.22 bits per heavy atom. The first-order valence-electron chi connectivity index (χ1n) is 5.36. The highest BCUT2D eigenvalue weighted by atomic mass is 32.1. The minimum Gasteiger partial charge on any atom is -0.431 e. The number of nitrogens with one attached hydrogen (secondary N) is 1. The molecule has 0 aliphatic carbocycles. The van der Waals surface area contributed by atoms with E-state index in [2.05, 4.69) is 16.9 Å². The predicted octanol–water partition coefficient (Wildman–Crippen LogP) is 2.85. The van der Waals surface area contributed by atoms with E-state index in [1.807, 2.05) is 5.38 Å². The molecule has 0 saturated carbocycles. The molecule has 0 radical (unpaired) electrons. The molecule has 1 aromatic carbocycles. The third-order valence-corrected chi connectivity index (χ3v) is 2.79. The van der Waals surface area contributed by atoms with Crippen LogP contribution in [0, 0.1) is 0 Å². The van der Waals surface area contributed by atoms with Gasteiger partial charge in [0, 0.05) is 23.7 Å². The fourth-order valence-electron chi connectivity index (χ4n) is 1.30. The lowest BCUT2D eigenvalue weighted by molar-refractivity contribution is 0.0958. The zero-order valence-electron chi connectivity index (χ0n) is 9.63. The number of benzene rings is 1. The molecule has 0 aliphatic heterocycles. The van der Waals surface area contributed by atoms with E-state index in [1.165, 1.54) is 11.3 Å². The molecule has 0 atom stereocenters. The second kappa shape index (κ2) is 5.97. The van der Waals surface area contributed by atoms with Gasteiger partial charge in [-0.3, -0.25) is 4.79 Å². The third kappa shape index (κ3) is 3.18. The van der Waals surface area contributed by atoms with E-state index in [4.69, 9.17) is 4.74 Å². The van der Waals surface area contributed by atoms with Gasteiger partial charge in [0.25, 0.3) is 11.1 Å². The molecule has 92 valence electrons. The Bertz CT molecular complexity index is 520. The van der Waals surface area contributed by atoms with Crippen LogP contribution in [0.2, 0.25) is 0 Å². The molecule has 0 bridgehead atoms. The molecule has 0 unspecified atom stereocenters. The molecule has 2 rings (SSSR count). The number of nitrogens with zero attached hydrogens (tertiary/aromatic N) is 1. The molecule has 1 amide bonds. The van der Waals surface area contributed by atoms with Crippen LogP contribution in [0.5, 0.6) is 10.9 Å². The van der Waals surface area contributed by atoms with Crippen LogP contribution in [0.1, 0.15) is 10.4 Å². The van der Waals surface area contributed by atoms with Gasteiger partial charge in [-0.2, -0.15) is 0 Å². The Balaban J connectivity index is 2.01. The number of thiazole rings is 1. The average molecular weight is 260 g/mol. The SMILES string of the molecule is C=CCNC(=O)c1ccc(Oc2nccs2)cc1. The van der Waals surface area contributed by atoms with Crippen molar-refractivity contribution in [2.45, 2.75) is 0 Å². The molecule has 0 saturated heterocycles. The van der Waals surface area contributed by atoms with E-state index in [0.29, 0.717) is 23.1 Å². The molecule has 2 aromatic rings. The van der Waals surface area contributed by atoms with Crippen molar-refractivity contribution in [1.82, 2.24) is 10.3 Å². The Labute approximate surface area is 109 Å². The second-order valence-electron chi connectivity index (χ2n) is 3.42. The van der Waals surface area contributed by atoms with Crippen LogP contribution in [0.4, 0.5) is 0 Å².